The van der Waals surface area contributed by atoms with Crippen LogP contribution in [0, 0.1) is 0 Å². The molecule has 0 aromatic rings. The van der Waals surface area contributed by atoms with E-state index in [1.54, 1.807) is 0 Å². The first-order chi connectivity index (χ1) is 9.06. The Morgan fingerprint density at radius 1 is 1.37 bits per heavy atom. The highest BCUT2D eigenvalue weighted by Gasteiger charge is 2.25. The van der Waals surface area contributed by atoms with Crippen LogP contribution in [0.15, 0.2) is 0 Å². The molecule has 0 aliphatic carbocycles. The second-order valence-corrected chi connectivity index (χ2v) is 4.93. The van der Waals surface area contributed by atoms with Gasteiger partial charge in [0.15, 0.2) is 0 Å². The second kappa shape index (κ2) is 8.08. The monoisotopic (exact) mass is 271 g/mol. The number of hydrogen-bond donors (Lipinski definition) is 3. The lowest BCUT2D eigenvalue weighted by atomic mass is 10.1. The van der Waals surface area contributed by atoms with Crippen molar-refractivity contribution in [3.05, 3.63) is 0 Å². The molecule has 1 aliphatic rings. The van der Waals surface area contributed by atoms with Crippen molar-refractivity contribution < 1.29 is 9.59 Å². The minimum atomic E-state index is -0.426. The van der Waals surface area contributed by atoms with Gasteiger partial charge in [0.2, 0.25) is 5.91 Å². The number of carbonyl (C=O) groups is 2. The van der Waals surface area contributed by atoms with Crippen LogP contribution in [0.25, 0.3) is 0 Å². The lowest BCUT2D eigenvalue weighted by Gasteiger charge is -2.38. The molecule has 7 nitrogen and oxygen atoms in total. The number of amides is 3. The van der Waals surface area contributed by atoms with E-state index in [1.165, 1.54) is 0 Å². The van der Waals surface area contributed by atoms with Crippen LogP contribution >= 0.6 is 0 Å². The van der Waals surface area contributed by atoms with Crippen LogP contribution < -0.4 is 16.4 Å². The lowest BCUT2D eigenvalue weighted by Crippen LogP contribution is -2.57. The molecule has 1 heterocycles. The summed E-state index contributed by atoms with van der Waals surface area (Å²) in [6.45, 7) is 5.81. The molecule has 1 atom stereocenters. The first-order valence-corrected chi connectivity index (χ1v) is 6.77. The smallest absolute Gasteiger partial charge is 0.321 e. The number of nitrogens with two attached hydrogens (primary N) is 1. The maximum Gasteiger partial charge on any atom is 0.321 e. The van der Waals surface area contributed by atoms with Crippen LogP contribution in [0.3, 0.4) is 0 Å². The summed E-state index contributed by atoms with van der Waals surface area (Å²) < 4.78 is 0. The van der Waals surface area contributed by atoms with E-state index in [0.29, 0.717) is 13.1 Å². The number of urea groups is 1. The van der Waals surface area contributed by atoms with Crippen molar-refractivity contribution in [2.45, 2.75) is 19.4 Å². The Labute approximate surface area is 114 Å². The fourth-order valence-corrected chi connectivity index (χ4v) is 2.11. The number of hydrogen-bond acceptors (Lipinski definition) is 5. The first-order valence-electron chi connectivity index (χ1n) is 6.77. The van der Waals surface area contributed by atoms with E-state index >= 15 is 0 Å². The molecule has 0 saturated carbocycles. The molecule has 0 aromatic heterocycles. The molecule has 1 aliphatic heterocycles. The van der Waals surface area contributed by atoms with E-state index in [4.69, 9.17) is 5.73 Å². The molecule has 0 radical (unpaired) electrons. The van der Waals surface area contributed by atoms with Crippen molar-refractivity contribution in [1.82, 2.24) is 20.4 Å². The standard InChI is InChI=1S/C12H25N5O2/c1-3-4-14-12(19)15-11(18)9-17-6-5-16(2)8-10(17)7-13/h10H,3-9,13H2,1-2H3,(H2,14,15,18,19). The van der Waals surface area contributed by atoms with Gasteiger partial charge in [-0.05, 0) is 13.5 Å². The minimum absolute atomic E-state index is 0.170. The van der Waals surface area contributed by atoms with E-state index in [2.05, 4.69) is 15.5 Å². The minimum Gasteiger partial charge on any atom is -0.338 e. The van der Waals surface area contributed by atoms with Crippen molar-refractivity contribution in [1.29, 1.82) is 0 Å². The van der Waals surface area contributed by atoms with Gasteiger partial charge in [0.05, 0.1) is 6.54 Å². The quantitative estimate of drug-likeness (QED) is 0.584. The zero-order valence-corrected chi connectivity index (χ0v) is 11.8. The molecule has 3 amide bonds. The predicted molar refractivity (Wildman–Crippen MR) is 73.7 cm³/mol. The molecule has 1 fully saturated rings. The number of carbonyl (C=O) groups excluding carboxylic acids is 2. The number of rotatable bonds is 5. The molecule has 1 unspecified atom stereocenters. The molecule has 1 rings (SSSR count). The van der Waals surface area contributed by atoms with Crippen molar-refractivity contribution in [3.8, 4) is 0 Å². The van der Waals surface area contributed by atoms with Crippen LogP contribution in [0.1, 0.15) is 13.3 Å². The van der Waals surface area contributed by atoms with E-state index in [-0.39, 0.29) is 18.5 Å². The van der Waals surface area contributed by atoms with Gasteiger partial charge in [-0.15, -0.1) is 0 Å². The van der Waals surface area contributed by atoms with E-state index in [1.807, 2.05) is 18.9 Å². The number of piperazine rings is 1. The van der Waals surface area contributed by atoms with Crippen molar-refractivity contribution in [2.75, 3.05) is 46.3 Å². The van der Waals surface area contributed by atoms with Gasteiger partial charge < -0.3 is 16.0 Å². The van der Waals surface area contributed by atoms with Crippen molar-refractivity contribution in [3.63, 3.8) is 0 Å². The van der Waals surface area contributed by atoms with Crippen LogP contribution in [0.5, 0.6) is 0 Å². The van der Waals surface area contributed by atoms with Crippen LogP contribution in [0.2, 0.25) is 0 Å². The highest BCUT2D eigenvalue weighted by molar-refractivity contribution is 5.95. The van der Waals surface area contributed by atoms with Gasteiger partial charge in [0.1, 0.15) is 0 Å². The van der Waals surface area contributed by atoms with Gasteiger partial charge in [-0.25, -0.2) is 4.79 Å². The molecular weight excluding hydrogens is 246 g/mol. The summed E-state index contributed by atoms with van der Waals surface area (Å²) in [6, 6.07) is -0.256. The van der Waals surface area contributed by atoms with Crippen LogP contribution in [-0.4, -0.2) is 74.1 Å². The van der Waals surface area contributed by atoms with Gasteiger partial charge in [-0.2, -0.15) is 0 Å². The molecule has 19 heavy (non-hydrogen) atoms. The average Bonchev–Trinajstić information content (AvgIpc) is 2.38. The Balaban J connectivity index is 2.36. The maximum absolute atomic E-state index is 11.8. The summed E-state index contributed by atoms with van der Waals surface area (Å²) in [5.74, 6) is -0.281. The molecule has 0 bridgehead atoms. The Morgan fingerprint density at radius 2 is 2.11 bits per heavy atom. The molecule has 0 spiro atoms. The van der Waals surface area contributed by atoms with Gasteiger partial charge in [0.25, 0.3) is 0 Å². The zero-order valence-electron chi connectivity index (χ0n) is 11.8. The summed E-state index contributed by atoms with van der Waals surface area (Å²) in [6.07, 6.45) is 0.843. The Hall–Kier alpha value is -1.18. The second-order valence-electron chi connectivity index (χ2n) is 4.93. The Bertz CT molecular complexity index is 310. The maximum atomic E-state index is 11.8. The van der Waals surface area contributed by atoms with Crippen LogP contribution in [-0.2, 0) is 4.79 Å². The van der Waals surface area contributed by atoms with E-state index in [9.17, 15) is 9.59 Å². The number of nitrogens with zero attached hydrogens (tertiary/aromatic N) is 2. The first kappa shape index (κ1) is 15.9. The van der Waals surface area contributed by atoms with E-state index < -0.39 is 6.03 Å². The zero-order chi connectivity index (χ0) is 14.3. The highest BCUT2D eigenvalue weighted by Crippen LogP contribution is 2.06. The third-order valence-corrected chi connectivity index (χ3v) is 3.22. The van der Waals surface area contributed by atoms with Crippen LogP contribution in [0.4, 0.5) is 4.79 Å². The van der Waals surface area contributed by atoms with Gasteiger partial charge in [0, 0.05) is 38.8 Å². The van der Waals surface area contributed by atoms with Crippen molar-refractivity contribution in [2.24, 2.45) is 5.73 Å². The van der Waals surface area contributed by atoms with E-state index in [0.717, 1.165) is 26.1 Å². The molecular formula is C12H25N5O2. The van der Waals surface area contributed by atoms with Gasteiger partial charge in [-0.3, -0.25) is 15.0 Å². The lowest BCUT2D eigenvalue weighted by molar-refractivity contribution is -0.122. The predicted octanol–water partition coefficient (Wildman–Crippen LogP) is -1.20. The third kappa shape index (κ3) is 5.54. The highest BCUT2D eigenvalue weighted by atomic mass is 16.2. The fourth-order valence-electron chi connectivity index (χ4n) is 2.11. The Kier molecular flexibility index (Phi) is 6.75. The summed E-state index contributed by atoms with van der Waals surface area (Å²) in [5, 5.41) is 4.94. The summed E-state index contributed by atoms with van der Waals surface area (Å²) in [7, 11) is 2.04. The molecule has 1 saturated heterocycles. The average molecular weight is 271 g/mol. The molecule has 7 heteroatoms. The SMILES string of the molecule is CCCNC(=O)NC(=O)CN1CCN(C)CC1CN. The topological polar surface area (TPSA) is 90.7 Å². The number of nitrogens with one attached hydrogen (secondary N) is 2. The number of imide groups is 1. The molecule has 110 valence electrons. The van der Waals surface area contributed by atoms with Crippen molar-refractivity contribution >= 4 is 11.9 Å². The molecule has 0 aromatic carbocycles. The summed E-state index contributed by atoms with van der Waals surface area (Å²) in [4.78, 5) is 27.3. The normalized spacial score (nSPS) is 21.1. The third-order valence-electron chi connectivity index (χ3n) is 3.22. The fraction of sp³-hybridized carbons (Fsp3) is 0.833. The van der Waals surface area contributed by atoms with Gasteiger partial charge >= 0.3 is 6.03 Å². The largest absolute Gasteiger partial charge is 0.338 e. The summed E-state index contributed by atoms with van der Waals surface area (Å²) >= 11 is 0. The summed E-state index contributed by atoms with van der Waals surface area (Å²) in [5.41, 5.74) is 5.72. The van der Waals surface area contributed by atoms with Gasteiger partial charge in [-0.1, -0.05) is 6.92 Å². The Morgan fingerprint density at radius 3 is 2.74 bits per heavy atom. The number of likely N-dealkylation sites (N-methyl/N-ethyl adjacent to an activating group) is 1. The molecule has 4 N–H and O–H groups in total.